The molecule has 4 aromatic rings. The third-order valence-electron chi connectivity index (χ3n) is 4.79. The second kappa shape index (κ2) is 6.52. The number of rotatable bonds is 3. The lowest BCUT2D eigenvalue weighted by molar-refractivity contribution is -0.655. The van der Waals surface area contributed by atoms with Crippen LogP contribution in [0.1, 0.15) is 6.92 Å². The summed E-state index contributed by atoms with van der Waals surface area (Å²) in [5.74, 6) is 0. The zero-order valence-electron chi connectivity index (χ0n) is 14.9. The first kappa shape index (κ1) is 16.7. The van der Waals surface area contributed by atoms with Crippen LogP contribution in [0.2, 0.25) is 0 Å². The van der Waals surface area contributed by atoms with Crippen molar-refractivity contribution in [3.05, 3.63) is 71.1 Å². The van der Waals surface area contributed by atoms with Crippen LogP contribution in [-0.2, 0) is 6.54 Å². The molecule has 0 radical (unpaired) electrons. The van der Waals surface area contributed by atoms with Gasteiger partial charge in [0.25, 0.3) is 0 Å². The van der Waals surface area contributed by atoms with Crippen LogP contribution in [0.3, 0.4) is 0 Å². The van der Waals surface area contributed by atoms with Crippen LogP contribution in [-0.4, -0.2) is 0 Å². The third-order valence-corrected chi connectivity index (χ3v) is 4.79. The Hall–Kier alpha value is -3.76. The van der Waals surface area contributed by atoms with Gasteiger partial charge in [-0.3, -0.25) is 0 Å². The van der Waals surface area contributed by atoms with Crippen LogP contribution in [0.5, 0.6) is 0 Å². The maximum Gasteiger partial charge on any atom is 0.220 e. The van der Waals surface area contributed by atoms with E-state index >= 15 is 0 Å². The van der Waals surface area contributed by atoms with Crippen molar-refractivity contribution in [2.24, 2.45) is 5.11 Å². The molecule has 0 aliphatic heterocycles. The highest BCUT2D eigenvalue weighted by Gasteiger charge is 2.22. The van der Waals surface area contributed by atoms with E-state index in [0.717, 1.165) is 45.2 Å². The SMILES string of the molecule is CC[n+]1c(-c2ccc(N)cc2)c2cc(N=[N+]=[N-])ccc2c2ccc(N)cc21. The summed E-state index contributed by atoms with van der Waals surface area (Å²) < 4.78 is 2.24. The molecule has 0 spiro atoms. The Morgan fingerprint density at radius 1 is 0.889 bits per heavy atom. The fraction of sp³-hybridized carbons (Fsp3) is 0.0952. The number of hydrogen-bond donors (Lipinski definition) is 2. The van der Waals surface area contributed by atoms with Gasteiger partial charge in [0.2, 0.25) is 11.2 Å². The topological polar surface area (TPSA) is 105 Å². The van der Waals surface area contributed by atoms with Gasteiger partial charge in [0.1, 0.15) is 6.54 Å². The van der Waals surface area contributed by atoms with E-state index in [4.69, 9.17) is 17.0 Å². The Kier molecular flexibility index (Phi) is 4.03. The Labute approximate surface area is 156 Å². The minimum Gasteiger partial charge on any atom is -0.399 e. The predicted octanol–water partition coefficient (Wildman–Crippen LogP) is 5.07. The molecule has 0 aliphatic rings. The number of aryl methyl sites for hydroxylation is 1. The number of nitrogens with zero attached hydrogens (tertiary/aromatic N) is 4. The smallest absolute Gasteiger partial charge is 0.220 e. The largest absolute Gasteiger partial charge is 0.399 e. The zero-order valence-corrected chi connectivity index (χ0v) is 14.9. The normalized spacial score (nSPS) is 10.9. The van der Waals surface area contributed by atoms with Gasteiger partial charge in [0.15, 0.2) is 0 Å². The lowest BCUT2D eigenvalue weighted by Crippen LogP contribution is -2.36. The molecule has 132 valence electrons. The van der Waals surface area contributed by atoms with Gasteiger partial charge < -0.3 is 11.5 Å². The molecule has 0 unspecified atom stereocenters. The number of azide groups is 1. The molecule has 6 nitrogen and oxygen atoms in total. The van der Waals surface area contributed by atoms with Crippen molar-refractivity contribution in [2.45, 2.75) is 13.5 Å². The maximum absolute atomic E-state index is 8.84. The van der Waals surface area contributed by atoms with Gasteiger partial charge in [-0.2, -0.15) is 4.57 Å². The Balaban J connectivity index is 2.23. The van der Waals surface area contributed by atoms with Crippen molar-refractivity contribution in [1.82, 2.24) is 0 Å². The second-order valence-electron chi connectivity index (χ2n) is 6.41. The predicted molar refractivity (Wildman–Crippen MR) is 110 cm³/mol. The number of benzene rings is 3. The number of hydrogen-bond acceptors (Lipinski definition) is 3. The van der Waals surface area contributed by atoms with Crippen LogP contribution in [0.25, 0.3) is 43.4 Å². The average molecular weight is 355 g/mol. The molecule has 0 saturated carbocycles. The quantitative estimate of drug-likeness (QED) is 0.134. The summed E-state index contributed by atoms with van der Waals surface area (Å²) in [6, 6.07) is 19.5. The molecular weight excluding hydrogens is 336 g/mol. The van der Waals surface area contributed by atoms with Crippen LogP contribution < -0.4 is 16.0 Å². The molecule has 0 fully saturated rings. The molecule has 4 rings (SSSR count). The van der Waals surface area contributed by atoms with Crippen molar-refractivity contribution < 1.29 is 4.57 Å². The molecule has 1 aromatic heterocycles. The standard InChI is InChI=1S/C21H18N6/c1-2-27-20-11-15(23)7-9-18(20)17-10-8-16(25-26-24)12-19(17)21(27)13-3-5-14(22)6-4-13/h3-12H,2H2,1H3,(H3,22,23)/p+1. The molecule has 0 aliphatic carbocycles. The van der Waals surface area contributed by atoms with Gasteiger partial charge >= 0.3 is 0 Å². The van der Waals surface area contributed by atoms with E-state index in [9.17, 15) is 0 Å². The molecule has 0 amide bonds. The van der Waals surface area contributed by atoms with Crippen molar-refractivity contribution >= 4 is 38.7 Å². The van der Waals surface area contributed by atoms with Crippen LogP contribution in [0.4, 0.5) is 17.1 Å². The lowest BCUT2D eigenvalue weighted by atomic mass is 9.98. The van der Waals surface area contributed by atoms with E-state index in [1.807, 2.05) is 60.7 Å². The Morgan fingerprint density at radius 2 is 1.59 bits per heavy atom. The Morgan fingerprint density at radius 3 is 2.30 bits per heavy atom. The molecule has 27 heavy (non-hydrogen) atoms. The third kappa shape index (κ3) is 2.78. The number of pyridine rings is 1. The summed E-state index contributed by atoms with van der Waals surface area (Å²) in [4.78, 5) is 2.93. The molecule has 1 heterocycles. The van der Waals surface area contributed by atoms with Crippen LogP contribution >= 0.6 is 0 Å². The monoisotopic (exact) mass is 355 g/mol. The first-order chi connectivity index (χ1) is 13.1. The van der Waals surface area contributed by atoms with Gasteiger partial charge in [-0.25, -0.2) is 0 Å². The summed E-state index contributed by atoms with van der Waals surface area (Å²) in [6.07, 6.45) is 0. The van der Waals surface area contributed by atoms with Gasteiger partial charge in [-0.1, -0.05) is 17.2 Å². The fourth-order valence-corrected chi connectivity index (χ4v) is 3.62. The fourth-order valence-electron chi connectivity index (χ4n) is 3.62. The van der Waals surface area contributed by atoms with E-state index in [1.165, 1.54) is 0 Å². The van der Waals surface area contributed by atoms with Crippen molar-refractivity contribution in [2.75, 3.05) is 11.5 Å². The van der Waals surface area contributed by atoms with E-state index in [1.54, 1.807) is 0 Å². The highest BCUT2D eigenvalue weighted by atomic mass is 15.1. The van der Waals surface area contributed by atoms with Gasteiger partial charge in [0.05, 0.1) is 10.8 Å². The number of fused-ring (bicyclic) bond motifs is 3. The lowest BCUT2D eigenvalue weighted by Gasteiger charge is -2.12. The van der Waals surface area contributed by atoms with Crippen molar-refractivity contribution in [3.8, 4) is 11.3 Å². The molecule has 0 bridgehead atoms. The van der Waals surface area contributed by atoms with E-state index < -0.39 is 0 Å². The second-order valence-corrected chi connectivity index (χ2v) is 6.41. The van der Waals surface area contributed by atoms with E-state index in [2.05, 4.69) is 21.5 Å². The molecular formula is C21H19N6+. The molecule has 0 saturated heterocycles. The van der Waals surface area contributed by atoms with Gasteiger partial charge in [0, 0.05) is 39.0 Å². The van der Waals surface area contributed by atoms with Crippen LogP contribution in [0.15, 0.2) is 65.8 Å². The first-order valence-corrected chi connectivity index (χ1v) is 8.72. The molecule has 0 atom stereocenters. The number of anilines is 2. The Bertz CT molecular complexity index is 1220. The summed E-state index contributed by atoms with van der Waals surface area (Å²) in [6.45, 7) is 2.87. The van der Waals surface area contributed by atoms with E-state index in [0.29, 0.717) is 11.4 Å². The number of nitrogens with two attached hydrogens (primary N) is 2. The highest BCUT2D eigenvalue weighted by Crippen LogP contribution is 2.34. The van der Waals surface area contributed by atoms with Gasteiger partial charge in [-0.05, 0) is 54.9 Å². The van der Waals surface area contributed by atoms with Gasteiger partial charge in [-0.15, -0.1) is 0 Å². The van der Waals surface area contributed by atoms with E-state index in [-0.39, 0.29) is 0 Å². The molecule has 4 N–H and O–H groups in total. The van der Waals surface area contributed by atoms with Crippen molar-refractivity contribution in [3.63, 3.8) is 0 Å². The summed E-state index contributed by atoms with van der Waals surface area (Å²) >= 11 is 0. The molecule has 3 aromatic carbocycles. The average Bonchev–Trinajstić information content (AvgIpc) is 2.67. The minimum absolute atomic E-state index is 0.583. The zero-order chi connectivity index (χ0) is 19.0. The summed E-state index contributed by atoms with van der Waals surface area (Å²) in [5, 5.41) is 6.99. The highest BCUT2D eigenvalue weighted by molar-refractivity contribution is 6.10. The minimum atomic E-state index is 0.583. The van der Waals surface area contributed by atoms with Crippen molar-refractivity contribution in [1.29, 1.82) is 0 Å². The molecule has 6 heteroatoms. The number of nitrogen functional groups attached to an aromatic ring is 2. The maximum atomic E-state index is 8.84. The van der Waals surface area contributed by atoms with Crippen LogP contribution in [0, 0.1) is 0 Å². The first-order valence-electron chi connectivity index (χ1n) is 8.72. The summed E-state index contributed by atoms with van der Waals surface area (Å²) in [7, 11) is 0. The number of aromatic nitrogens is 1. The summed E-state index contributed by atoms with van der Waals surface area (Å²) in [5.41, 5.74) is 26.0.